The number of hydrogen-bond donors (Lipinski definition) is 2. The van der Waals surface area contributed by atoms with Crippen molar-refractivity contribution < 1.29 is 14.6 Å². The van der Waals surface area contributed by atoms with Gasteiger partial charge in [-0.05, 0) is 78.1 Å². The number of rotatable bonds is 7. The van der Waals surface area contributed by atoms with Crippen molar-refractivity contribution >= 4 is 5.97 Å². The van der Waals surface area contributed by atoms with Crippen LogP contribution < -0.4 is 10.1 Å². The molecule has 32 heavy (non-hydrogen) atoms. The normalized spacial score (nSPS) is 19.0. The van der Waals surface area contributed by atoms with E-state index in [2.05, 4.69) is 86.8 Å². The molecule has 0 spiro atoms. The Labute approximate surface area is 190 Å². The number of aryl methyl sites for hydroxylation is 1. The molecule has 1 aliphatic heterocycles. The molecular formula is C28H31NO3. The molecule has 0 saturated carbocycles. The van der Waals surface area contributed by atoms with E-state index in [0.717, 1.165) is 17.9 Å². The first-order chi connectivity index (χ1) is 15.4. The minimum atomic E-state index is -0.758. The Kier molecular flexibility index (Phi) is 6.61. The fourth-order valence-electron chi connectivity index (χ4n) is 4.65. The zero-order chi connectivity index (χ0) is 22.7. The van der Waals surface area contributed by atoms with Gasteiger partial charge in [0.2, 0.25) is 0 Å². The molecule has 4 nitrogen and oxygen atoms in total. The second-order valence-electron chi connectivity index (χ2n) is 8.85. The maximum Gasteiger partial charge on any atom is 0.320 e. The molecule has 1 unspecified atom stereocenters. The highest BCUT2D eigenvalue weighted by molar-refractivity contribution is 5.74. The highest BCUT2D eigenvalue weighted by atomic mass is 16.5. The lowest BCUT2D eigenvalue weighted by atomic mass is 9.85. The van der Waals surface area contributed by atoms with E-state index in [4.69, 9.17) is 4.74 Å². The molecule has 0 amide bonds. The van der Waals surface area contributed by atoms with Crippen molar-refractivity contribution in [3.8, 4) is 16.9 Å². The molecule has 166 valence electrons. The van der Waals surface area contributed by atoms with Crippen LogP contribution in [0, 0.1) is 19.8 Å². The molecule has 0 aliphatic carbocycles. The largest absolute Gasteiger partial charge is 0.489 e. The van der Waals surface area contributed by atoms with Gasteiger partial charge in [0.05, 0.1) is 0 Å². The molecule has 3 atom stereocenters. The molecule has 3 aromatic carbocycles. The van der Waals surface area contributed by atoms with Crippen LogP contribution in [0.2, 0.25) is 0 Å². The molecule has 1 heterocycles. The maximum absolute atomic E-state index is 11.2. The molecule has 1 aliphatic rings. The number of ether oxygens (including phenoxy) is 1. The SMILES string of the molecule is Cc1cc(C(C)[C@@H]2CN[C@@H](C(=O)O)C2)ccc1OCc1cccc(-c2ccccc2)c1C. The number of aliphatic carboxylic acids is 1. The van der Waals surface area contributed by atoms with Crippen molar-refractivity contribution in [3.05, 3.63) is 89.0 Å². The number of carbonyl (C=O) groups is 1. The lowest BCUT2D eigenvalue weighted by Crippen LogP contribution is -2.29. The molecule has 0 radical (unpaired) electrons. The lowest BCUT2D eigenvalue weighted by Gasteiger charge is -2.20. The van der Waals surface area contributed by atoms with Crippen LogP contribution in [0.3, 0.4) is 0 Å². The van der Waals surface area contributed by atoms with Gasteiger partial charge in [-0.15, -0.1) is 0 Å². The first-order valence-corrected chi connectivity index (χ1v) is 11.3. The molecule has 4 rings (SSSR count). The minimum Gasteiger partial charge on any atom is -0.489 e. The summed E-state index contributed by atoms with van der Waals surface area (Å²) in [5.74, 6) is 0.750. The van der Waals surface area contributed by atoms with E-state index < -0.39 is 12.0 Å². The van der Waals surface area contributed by atoms with Gasteiger partial charge in [-0.25, -0.2) is 0 Å². The Hall–Kier alpha value is -3.11. The second-order valence-corrected chi connectivity index (χ2v) is 8.85. The summed E-state index contributed by atoms with van der Waals surface area (Å²) in [4.78, 5) is 11.2. The molecule has 1 fully saturated rings. The van der Waals surface area contributed by atoms with Gasteiger partial charge in [0.1, 0.15) is 18.4 Å². The predicted octanol–water partition coefficient (Wildman–Crippen LogP) is 5.72. The quantitative estimate of drug-likeness (QED) is 0.505. The topological polar surface area (TPSA) is 58.6 Å². The Morgan fingerprint density at radius 1 is 1.09 bits per heavy atom. The van der Waals surface area contributed by atoms with Gasteiger partial charge in [-0.1, -0.05) is 67.6 Å². The van der Waals surface area contributed by atoms with Gasteiger partial charge < -0.3 is 15.2 Å². The average Bonchev–Trinajstić information content (AvgIpc) is 3.30. The van der Waals surface area contributed by atoms with Gasteiger partial charge in [-0.3, -0.25) is 4.79 Å². The summed E-state index contributed by atoms with van der Waals surface area (Å²) in [6.45, 7) is 7.68. The summed E-state index contributed by atoms with van der Waals surface area (Å²) in [5.41, 5.74) is 7.20. The Morgan fingerprint density at radius 2 is 1.88 bits per heavy atom. The van der Waals surface area contributed by atoms with Crippen LogP contribution in [-0.4, -0.2) is 23.7 Å². The fourth-order valence-corrected chi connectivity index (χ4v) is 4.65. The molecular weight excluding hydrogens is 398 g/mol. The monoisotopic (exact) mass is 429 g/mol. The molecule has 0 bridgehead atoms. The van der Waals surface area contributed by atoms with Crippen LogP contribution in [0.5, 0.6) is 5.75 Å². The standard InChI is InChI=1S/C28H31NO3/c1-18-14-22(19(2)24-15-26(28(30)31)29-16-24)12-13-27(18)32-17-23-10-7-11-25(20(23)3)21-8-5-4-6-9-21/h4-14,19,24,26,29H,15-17H2,1-3H3,(H,30,31)/t19?,24-,26+/m0/s1. The van der Waals surface area contributed by atoms with Crippen molar-refractivity contribution in [1.82, 2.24) is 5.32 Å². The number of nitrogens with one attached hydrogen (secondary N) is 1. The van der Waals surface area contributed by atoms with E-state index in [1.807, 2.05) is 6.07 Å². The number of carboxylic acid groups (broad SMARTS) is 1. The van der Waals surface area contributed by atoms with Gasteiger partial charge in [0, 0.05) is 0 Å². The van der Waals surface area contributed by atoms with Gasteiger partial charge >= 0.3 is 5.97 Å². The first-order valence-electron chi connectivity index (χ1n) is 11.3. The van der Waals surface area contributed by atoms with Crippen molar-refractivity contribution in [2.24, 2.45) is 5.92 Å². The summed E-state index contributed by atoms with van der Waals surface area (Å²) in [7, 11) is 0. The second kappa shape index (κ2) is 9.58. The van der Waals surface area contributed by atoms with Crippen LogP contribution in [0.4, 0.5) is 0 Å². The summed E-state index contributed by atoms with van der Waals surface area (Å²) in [6.07, 6.45) is 0.671. The van der Waals surface area contributed by atoms with Crippen LogP contribution in [0.15, 0.2) is 66.7 Å². The Morgan fingerprint density at radius 3 is 2.56 bits per heavy atom. The Bertz CT molecular complexity index is 1090. The van der Waals surface area contributed by atoms with Crippen LogP contribution in [-0.2, 0) is 11.4 Å². The van der Waals surface area contributed by atoms with Crippen LogP contribution >= 0.6 is 0 Å². The van der Waals surface area contributed by atoms with Crippen LogP contribution in [0.1, 0.15) is 41.5 Å². The van der Waals surface area contributed by atoms with Gasteiger partial charge in [-0.2, -0.15) is 0 Å². The zero-order valence-corrected chi connectivity index (χ0v) is 19.0. The van der Waals surface area contributed by atoms with E-state index in [-0.39, 0.29) is 0 Å². The third kappa shape index (κ3) is 4.71. The van der Waals surface area contributed by atoms with E-state index in [0.29, 0.717) is 24.9 Å². The van der Waals surface area contributed by atoms with Crippen molar-refractivity contribution in [1.29, 1.82) is 0 Å². The Balaban J connectivity index is 1.44. The molecule has 3 aromatic rings. The molecule has 0 aromatic heterocycles. The molecule has 2 N–H and O–H groups in total. The predicted molar refractivity (Wildman–Crippen MR) is 128 cm³/mol. The van der Waals surface area contributed by atoms with Crippen LogP contribution in [0.25, 0.3) is 11.1 Å². The highest BCUT2D eigenvalue weighted by Gasteiger charge is 2.32. The van der Waals surface area contributed by atoms with E-state index >= 15 is 0 Å². The molecule has 4 heteroatoms. The molecule has 1 saturated heterocycles. The minimum absolute atomic E-state index is 0.296. The fraction of sp³-hybridized carbons (Fsp3) is 0.321. The maximum atomic E-state index is 11.2. The summed E-state index contributed by atoms with van der Waals surface area (Å²) < 4.78 is 6.21. The van der Waals surface area contributed by atoms with E-state index in [1.54, 1.807) is 0 Å². The summed E-state index contributed by atoms with van der Waals surface area (Å²) in [6, 6.07) is 22.7. The summed E-state index contributed by atoms with van der Waals surface area (Å²) >= 11 is 0. The van der Waals surface area contributed by atoms with E-state index in [9.17, 15) is 9.90 Å². The highest BCUT2D eigenvalue weighted by Crippen LogP contribution is 2.33. The lowest BCUT2D eigenvalue weighted by molar-refractivity contribution is -0.139. The van der Waals surface area contributed by atoms with Gasteiger partial charge in [0.25, 0.3) is 0 Å². The summed E-state index contributed by atoms with van der Waals surface area (Å²) in [5, 5.41) is 12.4. The first kappa shape index (κ1) is 22.1. The van der Waals surface area contributed by atoms with Crippen molar-refractivity contribution in [3.63, 3.8) is 0 Å². The van der Waals surface area contributed by atoms with Crippen molar-refractivity contribution in [2.45, 2.75) is 45.8 Å². The van der Waals surface area contributed by atoms with Gasteiger partial charge in [0.15, 0.2) is 0 Å². The smallest absolute Gasteiger partial charge is 0.320 e. The zero-order valence-electron chi connectivity index (χ0n) is 19.0. The number of hydrogen-bond acceptors (Lipinski definition) is 3. The van der Waals surface area contributed by atoms with E-state index in [1.165, 1.54) is 27.8 Å². The number of benzene rings is 3. The number of carboxylic acids is 1. The third-order valence-corrected chi connectivity index (χ3v) is 6.81. The third-order valence-electron chi connectivity index (χ3n) is 6.81. The average molecular weight is 430 g/mol. The van der Waals surface area contributed by atoms with Crippen molar-refractivity contribution in [2.75, 3.05) is 6.54 Å².